The minimum Gasteiger partial charge on any atom is -0.385 e. The molecule has 5 nitrogen and oxygen atoms in total. The lowest BCUT2D eigenvalue weighted by molar-refractivity contribution is -0.351. The van der Waals surface area contributed by atoms with Gasteiger partial charge in [0, 0.05) is 5.92 Å². The number of ether oxygens (including phenoxy) is 1. The Labute approximate surface area is 69.2 Å². The van der Waals surface area contributed by atoms with Gasteiger partial charge in [0.2, 0.25) is 11.6 Å². The molecule has 2 rings (SSSR count). The normalized spacial score (nSPS) is 46.5. The van der Waals surface area contributed by atoms with Crippen molar-refractivity contribution in [2.24, 2.45) is 5.92 Å². The maximum atomic E-state index is 9.65. The van der Waals surface area contributed by atoms with Gasteiger partial charge in [-0.25, -0.2) is 0 Å². The van der Waals surface area contributed by atoms with Gasteiger partial charge in [0.15, 0.2) is 0 Å². The minimum atomic E-state index is -2.52. The van der Waals surface area contributed by atoms with Crippen LogP contribution in [0.15, 0.2) is 0 Å². The molecule has 0 bridgehead atoms. The SMILES string of the molecule is OC1COC(O)(C2CC2)C1(O)O. The van der Waals surface area contributed by atoms with Gasteiger partial charge in [-0.1, -0.05) is 0 Å². The fourth-order valence-corrected chi connectivity index (χ4v) is 1.56. The Hall–Kier alpha value is -0.200. The van der Waals surface area contributed by atoms with Gasteiger partial charge in [0.25, 0.3) is 0 Å². The molecule has 0 spiro atoms. The lowest BCUT2D eigenvalue weighted by Gasteiger charge is -2.32. The summed E-state index contributed by atoms with van der Waals surface area (Å²) >= 11 is 0. The van der Waals surface area contributed by atoms with Crippen LogP contribution in [0.3, 0.4) is 0 Å². The monoisotopic (exact) mass is 176 g/mol. The van der Waals surface area contributed by atoms with E-state index in [2.05, 4.69) is 0 Å². The zero-order valence-electron chi connectivity index (χ0n) is 6.47. The van der Waals surface area contributed by atoms with Crippen LogP contribution in [-0.4, -0.2) is 44.7 Å². The standard InChI is InChI=1S/C7H12O5/c8-5-3-12-7(11,4-1-2-4)6(5,9)10/h4-5,8-11H,1-3H2. The second kappa shape index (κ2) is 2.18. The molecule has 2 atom stereocenters. The maximum absolute atomic E-state index is 9.65. The highest BCUT2D eigenvalue weighted by molar-refractivity contribution is 5.03. The maximum Gasteiger partial charge on any atom is 0.248 e. The third-order valence-corrected chi connectivity index (χ3v) is 2.58. The Bertz CT molecular complexity index is 200. The second-order valence-electron chi connectivity index (χ2n) is 3.52. The van der Waals surface area contributed by atoms with Crippen molar-refractivity contribution in [3.05, 3.63) is 0 Å². The third-order valence-electron chi connectivity index (χ3n) is 2.58. The van der Waals surface area contributed by atoms with Crippen molar-refractivity contribution in [3.8, 4) is 0 Å². The van der Waals surface area contributed by atoms with Gasteiger partial charge in [-0.15, -0.1) is 0 Å². The van der Waals surface area contributed by atoms with Crippen molar-refractivity contribution in [3.63, 3.8) is 0 Å². The molecular weight excluding hydrogens is 164 g/mol. The van der Waals surface area contributed by atoms with E-state index in [1.807, 2.05) is 0 Å². The van der Waals surface area contributed by atoms with Crippen LogP contribution in [0.2, 0.25) is 0 Å². The van der Waals surface area contributed by atoms with Crippen molar-refractivity contribution in [2.45, 2.75) is 30.5 Å². The number of rotatable bonds is 1. The molecule has 1 aliphatic carbocycles. The van der Waals surface area contributed by atoms with E-state index in [9.17, 15) is 15.3 Å². The molecule has 12 heavy (non-hydrogen) atoms. The first kappa shape index (κ1) is 8.40. The summed E-state index contributed by atoms with van der Waals surface area (Å²) in [5.41, 5.74) is 0. The Morgan fingerprint density at radius 2 is 1.75 bits per heavy atom. The van der Waals surface area contributed by atoms with Crippen molar-refractivity contribution in [1.82, 2.24) is 0 Å². The first-order valence-electron chi connectivity index (χ1n) is 3.97. The molecule has 70 valence electrons. The largest absolute Gasteiger partial charge is 0.385 e. The number of hydrogen-bond donors (Lipinski definition) is 4. The Balaban J connectivity index is 2.25. The molecule has 0 aromatic heterocycles. The summed E-state index contributed by atoms with van der Waals surface area (Å²) < 4.78 is 4.80. The van der Waals surface area contributed by atoms with E-state index in [0.29, 0.717) is 12.8 Å². The van der Waals surface area contributed by atoms with E-state index < -0.39 is 17.7 Å². The average Bonchev–Trinajstić information content (AvgIpc) is 2.77. The predicted molar refractivity (Wildman–Crippen MR) is 36.8 cm³/mol. The first-order valence-corrected chi connectivity index (χ1v) is 3.97. The highest BCUT2D eigenvalue weighted by Gasteiger charge is 2.66. The topological polar surface area (TPSA) is 90.2 Å². The summed E-state index contributed by atoms with van der Waals surface area (Å²) in [6.45, 7) is -0.236. The van der Waals surface area contributed by atoms with E-state index >= 15 is 0 Å². The van der Waals surface area contributed by atoms with Crippen LogP contribution >= 0.6 is 0 Å². The summed E-state index contributed by atoms with van der Waals surface area (Å²) in [6, 6.07) is 0. The summed E-state index contributed by atoms with van der Waals surface area (Å²) in [4.78, 5) is 0. The molecule has 1 heterocycles. The predicted octanol–water partition coefficient (Wildman–Crippen LogP) is -1.84. The van der Waals surface area contributed by atoms with E-state index in [-0.39, 0.29) is 12.5 Å². The van der Waals surface area contributed by atoms with E-state index in [0.717, 1.165) is 0 Å². The molecular formula is C7H12O5. The van der Waals surface area contributed by atoms with Gasteiger partial charge in [-0.2, -0.15) is 0 Å². The zero-order chi connectivity index (χ0) is 8.98. The quantitative estimate of drug-likeness (QED) is 0.352. The molecule has 2 unspecified atom stereocenters. The summed E-state index contributed by atoms with van der Waals surface area (Å²) in [6.07, 6.45) is -0.0267. The number of aliphatic hydroxyl groups is 4. The zero-order valence-corrected chi connectivity index (χ0v) is 6.47. The van der Waals surface area contributed by atoms with Crippen LogP contribution in [0.4, 0.5) is 0 Å². The number of hydrogen-bond acceptors (Lipinski definition) is 5. The molecule has 0 radical (unpaired) electrons. The summed E-state index contributed by atoms with van der Waals surface area (Å²) in [5.74, 6) is -4.75. The number of aliphatic hydroxyl groups excluding tert-OH is 1. The molecule has 1 aliphatic heterocycles. The first-order chi connectivity index (χ1) is 5.48. The molecule has 1 saturated heterocycles. The summed E-state index contributed by atoms with van der Waals surface area (Å²) in [7, 11) is 0. The molecule has 4 N–H and O–H groups in total. The van der Waals surface area contributed by atoms with Gasteiger partial charge in [0.1, 0.15) is 6.10 Å². The van der Waals surface area contributed by atoms with Crippen LogP contribution in [0.25, 0.3) is 0 Å². The van der Waals surface area contributed by atoms with E-state index in [1.54, 1.807) is 0 Å². The Morgan fingerprint density at radius 3 is 2.08 bits per heavy atom. The van der Waals surface area contributed by atoms with Gasteiger partial charge in [-0.3, -0.25) is 0 Å². The Morgan fingerprint density at radius 1 is 1.17 bits per heavy atom. The van der Waals surface area contributed by atoms with Crippen LogP contribution in [0.5, 0.6) is 0 Å². The lowest BCUT2D eigenvalue weighted by Crippen LogP contribution is -2.57. The molecule has 1 saturated carbocycles. The highest BCUT2D eigenvalue weighted by atomic mass is 16.7. The van der Waals surface area contributed by atoms with Crippen LogP contribution in [0.1, 0.15) is 12.8 Å². The Kier molecular flexibility index (Phi) is 1.53. The molecule has 0 aromatic rings. The van der Waals surface area contributed by atoms with Crippen molar-refractivity contribution >= 4 is 0 Å². The molecule has 2 aliphatic rings. The second-order valence-corrected chi connectivity index (χ2v) is 3.52. The average molecular weight is 176 g/mol. The molecule has 0 aromatic carbocycles. The van der Waals surface area contributed by atoms with Crippen molar-refractivity contribution in [1.29, 1.82) is 0 Å². The van der Waals surface area contributed by atoms with Crippen LogP contribution in [-0.2, 0) is 4.74 Å². The van der Waals surface area contributed by atoms with Gasteiger partial charge in [0.05, 0.1) is 6.61 Å². The van der Waals surface area contributed by atoms with E-state index in [1.165, 1.54) is 0 Å². The van der Waals surface area contributed by atoms with Crippen LogP contribution < -0.4 is 0 Å². The minimum absolute atomic E-state index is 0.236. The fraction of sp³-hybridized carbons (Fsp3) is 1.00. The summed E-state index contributed by atoms with van der Waals surface area (Å²) in [5, 5.41) is 37.4. The smallest absolute Gasteiger partial charge is 0.248 e. The molecule has 2 fully saturated rings. The lowest BCUT2D eigenvalue weighted by atomic mass is 9.99. The van der Waals surface area contributed by atoms with Gasteiger partial charge in [-0.05, 0) is 12.8 Å². The molecule has 5 heteroatoms. The fourth-order valence-electron chi connectivity index (χ4n) is 1.56. The van der Waals surface area contributed by atoms with Crippen LogP contribution in [0, 0.1) is 5.92 Å². The van der Waals surface area contributed by atoms with Gasteiger partial charge < -0.3 is 25.2 Å². The van der Waals surface area contributed by atoms with Crippen molar-refractivity contribution in [2.75, 3.05) is 6.61 Å². The van der Waals surface area contributed by atoms with E-state index in [4.69, 9.17) is 9.84 Å². The van der Waals surface area contributed by atoms with Crippen molar-refractivity contribution < 1.29 is 25.2 Å². The highest BCUT2D eigenvalue weighted by Crippen LogP contribution is 2.49. The third kappa shape index (κ3) is 0.855. The van der Waals surface area contributed by atoms with Gasteiger partial charge >= 0.3 is 0 Å². The molecule has 0 amide bonds.